The minimum Gasteiger partial charge on any atom is -0.306 e. The van der Waals surface area contributed by atoms with Crippen LogP contribution >= 0.6 is 0 Å². The summed E-state index contributed by atoms with van der Waals surface area (Å²) in [5, 5.41) is 13.1. The molecule has 3 heterocycles. The van der Waals surface area contributed by atoms with Crippen molar-refractivity contribution in [1.82, 2.24) is 30.0 Å². The highest BCUT2D eigenvalue weighted by molar-refractivity contribution is 7.92. The van der Waals surface area contributed by atoms with Gasteiger partial charge in [-0.15, -0.1) is 10.2 Å². The van der Waals surface area contributed by atoms with Gasteiger partial charge in [0.25, 0.3) is 10.0 Å². The molecular formula is C22H18FN7O2S. The van der Waals surface area contributed by atoms with Crippen molar-refractivity contribution in [3.8, 4) is 22.6 Å². The standard InChI is InChI=1S/C22H18FN7O2S/c1-13-7-8-30-12-20(24-21(30)9-13)15-4-3-14(2)19(10-15)27-33(31,32)16-5-6-18(23)17(11-16)22-25-28-29-26-22/h3-12,27H,1-2H3,(H,25,26,28,29). The second-order valence-electron chi connectivity index (χ2n) is 7.61. The number of aromatic amines is 1. The smallest absolute Gasteiger partial charge is 0.261 e. The summed E-state index contributed by atoms with van der Waals surface area (Å²) in [6.07, 6.45) is 3.81. The molecule has 9 nitrogen and oxygen atoms in total. The number of benzene rings is 2. The van der Waals surface area contributed by atoms with Gasteiger partial charge < -0.3 is 4.40 Å². The number of imidazole rings is 1. The summed E-state index contributed by atoms with van der Waals surface area (Å²) in [4.78, 5) is 4.51. The van der Waals surface area contributed by atoms with E-state index in [1.165, 1.54) is 12.1 Å². The molecule has 3 aromatic heterocycles. The Balaban J connectivity index is 1.50. The van der Waals surface area contributed by atoms with Crippen LogP contribution in [-0.4, -0.2) is 38.4 Å². The molecule has 166 valence electrons. The molecule has 0 amide bonds. The molecule has 0 aliphatic carbocycles. The molecule has 0 spiro atoms. The van der Waals surface area contributed by atoms with Gasteiger partial charge in [0, 0.05) is 18.0 Å². The monoisotopic (exact) mass is 463 g/mol. The minimum absolute atomic E-state index is 0.0372. The fourth-order valence-electron chi connectivity index (χ4n) is 3.44. The fraction of sp³-hybridized carbons (Fsp3) is 0.0909. The summed E-state index contributed by atoms with van der Waals surface area (Å²) in [6.45, 7) is 3.79. The van der Waals surface area contributed by atoms with Crippen molar-refractivity contribution in [2.75, 3.05) is 4.72 Å². The van der Waals surface area contributed by atoms with Crippen LogP contribution in [0.25, 0.3) is 28.3 Å². The Morgan fingerprint density at radius 2 is 1.91 bits per heavy atom. The highest BCUT2D eigenvalue weighted by atomic mass is 32.2. The first kappa shape index (κ1) is 20.8. The maximum Gasteiger partial charge on any atom is 0.261 e. The largest absolute Gasteiger partial charge is 0.306 e. The normalized spacial score (nSPS) is 11.7. The molecule has 2 N–H and O–H groups in total. The summed E-state index contributed by atoms with van der Waals surface area (Å²) < 4.78 is 44.9. The third-order valence-corrected chi connectivity index (χ3v) is 6.59. The van der Waals surface area contributed by atoms with Gasteiger partial charge in [-0.2, -0.15) is 5.21 Å². The van der Waals surface area contributed by atoms with E-state index in [4.69, 9.17) is 0 Å². The molecule has 0 radical (unpaired) electrons. The van der Waals surface area contributed by atoms with E-state index in [1.807, 2.05) is 48.0 Å². The lowest BCUT2D eigenvalue weighted by Gasteiger charge is -2.12. The van der Waals surface area contributed by atoms with Crippen molar-refractivity contribution < 1.29 is 12.8 Å². The average molecular weight is 463 g/mol. The second-order valence-corrected chi connectivity index (χ2v) is 9.29. The van der Waals surface area contributed by atoms with Crippen molar-refractivity contribution in [3.63, 3.8) is 0 Å². The SMILES string of the molecule is Cc1ccn2cc(-c3ccc(C)c(NS(=O)(=O)c4ccc(F)c(-c5nn[nH]n5)c4)c3)nc2c1. The topological polar surface area (TPSA) is 118 Å². The van der Waals surface area contributed by atoms with E-state index in [0.717, 1.165) is 28.4 Å². The number of hydrogen-bond donors (Lipinski definition) is 2. The van der Waals surface area contributed by atoms with Gasteiger partial charge in [0.05, 0.1) is 21.8 Å². The van der Waals surface area contributed by atoms with Crippen LogP contribution in [-0.2, 0) is 10.0 Å². The first-order valence-electron chi connectivity index (χ1n) is 9.93. The zero-order valence-corrected chi connectivity index (χ0v) is 18.4. The quantitative estimate of drug-likeness (QED) is 0.410. The number of aryl methyl sites for hydroxylation is 2. The third kappa shape index (κ3) is 3.94. The molecule has 0 bridgehead atoms. The number of sulfonamides is 1. The van der Waals surface area contributed by atoms with Gasteiger partial charge in [-0.1, -0.05) is 12.1 Å². The van der Waals surface area contributed by atoms with Gasteiger partial charge in [0.2, 0.25) is 5.82 Å². The van der Waals surface area contributed by atoms with Crippen LogP contribution in [0.15, 0.2) is 65.8 Å². The Kier molecular flexibility index (Phi) is 4.90. The summed E-state index contributed by atoms with van der Waals surface area (Å²) in [7, 11) is -4.02. The number of nitrogens with zero attached hydrogens (tertiary/aromatic N) is 5. The molecule has 11 heteroatoms. The number of halogens is 1. The van der Waals surface area contributed by atoms with Crippen LogP contribution in [0.5, 0.6) is 0 Å². The summed E-state index contributed by atoms with van der Waals surface area (Å²) >= 11 is 0. The predicted octanol–water partition coefficient (Wildman–Crippen LogP) is 3.74. The van der Waals surface area contributed by atoms with E-state index in [1.54, 1.807) is 13.0 Å². The van der Waals surface area contributed by atoms with E-state index < -0.39 is 15.8 Å². The molecule has 0 unspecified atom stereocenters. The van der Waals surface area contributed by atoms with Crippen LogP contribution in [0, 0.1) is 19.7 Å². The molecule has 0 aliphatic rings. The van der Waals surface area contributed by atoms with Crippen molar-refractivity contribution in [2.24, 2.45) is 0 Å². The maximum absolute atomic E-state index is 14.2. The van der Waals surface area contributed by atoms with Crippen LogP contribution in [0.3, 0.4) is 0 Å². The number of nitrogens with one attached hydrogen (secondary N) is 2. The number of aromatic nitrogens is 6. The number of anilines is 1. The molecule has 33 heavy (non-hydrogen) atoms. The van der Waals surface area contributed by atoms with Gasteiger partial charge in [-0.3, -0.25) is 4.72 Å². The number of hydrogen-bond acceptors (Lipinski definition) is 6. The highest BCUT2D eigenvalue weighted by Crippen LogP contribution is 2.29. The van der Waals surface area contributed by atoms with E-state index >= 15 is 0 Å². The summed E-state index contributed by atoms with van der Waals surface area (Å²) in [6, 6.07) is 12.8. The maximum atomic E-state index is 14.2. The number of rotatable bonds is 5. The zero-order chi connectivity index (χ0) is 23.2. The lowest BCUT2D eigenvalue weighted by atomic mass is 10.1. The number of tetrazole rings is 1. The first-order valence-corrected chi connectivity index (χ1v) is 11.4. The predicted molar refractivity (Wildman–Crippen MR) is 120 cm³/mol. The average Bonchev–Trinajstić information content (AvgIpc) is 3.45. The third-order valence-electron chi connectivity index (χ3n) is 5.23. The Morgan fingerprint density at radius 3 is 2.70 bits per heavy atom. The van der Waals surface area contributed by atoms with E-state index in [2.05, 4.69) is 30.3 Å². The molecule has 0 fully saturated rings. The molecular weight excluding hydrogens is 445 g/mol. The van der Waals surface area contributed by atoms with E-state index in [0.29, 0.717) is 11.4 Å². The Labute approximate surface area is 188 Å². The molecule has 0 aliphatic heterocycles. The first-order chi connectivity index (χ1) is 15.8. The highest BCUT2D eigenvalue weighted by Gasteiger charge is 2.20. The van der Waals surface area contributed by atoms with E-state index in [9.17, 15) is 12.8 Å². The minimum atomic E-state index is -4.02. The van der Waals surface area contributed by atoms with Gasteiger partial charge >= 0.3 is 0 Å². The Hall–Kier alpha value is -4.12. The Morgan fingerprint density at radius 1 is 1.06 bits per heavy atom. The number of pyridine rings is 1. The van der Waals surface area contributed by atoms with Gasteiger partial charge in [0.15, 0.2) is 0 Å². The van der Waals surface area contributed by atoms with Crippen LogP contribution < -0.4 is 4.72 Å². The molecule has 0 saturated heterocycles. The van der Waals surface area contributed by atoms with Crippen molar-refractivity contribution in [1.29, 1.82) is 0 Å². The second kappa shape index (κ2) is 7.78. The van der Waals surface area contributed by atoms with Gasteiger partial charge in [-0.25, -0.2) is 17.8 Å². The molecule has 0 saturated carbocycles. The molecule has 2 aromatic carbocycles. The van der Waals surface area contributed by atoms with Crippen molar-refractivity contribution >= 4 is 21.4 Å². The van der Waals surface area contributed by atoms with Gasteiger partial charge in [0.1, 0.15) is 11.5 Å². The molecule has 0 atom stereocenters. The fourth-order valence-corrected chi connectivity index (χ4v) is 4.58. The number of fused-ring (bicyclic) bond motifs is 1. The van der Waals surface area contributed by atoms with Crippen molar-refractivity contribution in [2.45, 2.75) is 18.7 Å². The lowest BCUT2D eigenvalue weighted by Crippen LogP contribution is -2.14. The summed E-state index contributed by atoms with van der Waals surface area (Å²) in [5.41, 5.74) is 4.41. The van der Waals surface area contributed by atoms with Crippen LogP contribution in [0.2, 0.25) is 0 Å². The summed E-state index contributed by atoms with van der Waals surface area (Å²) in [5.74, 6) is -0.694. The lowest BCUT2D eigenvalue weighted by molar-refractivity contribution is 0.600. The van der Waals surface area contributed by atoms with Crippen LogP contribution in [0.1, 0.15) is 11.1 Å². The van der Waals surface area contributed by atoms with Gasteiger partial charge in [-0.05, 0) is 66.6 Å². The van der Waals surface area contributed by atoms with Crippen molar-refractivity contribution in [3.05, 3.63) is 77.9 Å². The van der Waals surface area contributed by atoms with Crippen LogP contribution in [0.4, 0.5) is 10.1 Å². The number of H-pyrrole nitrogens is 1. The molecule has 5 rings (SSSR count). The van der Waals surface area contributed by atoms with E-state index in [-0.39, 0.29) is 16.3 Å². The zero-order valence-electron chi connectivity index (χ0n) is 17.6. The molecule has 5 aromatic rings. The Bertz CT molecular complexity index is 1590.